The Kier molecular flexibility index (Phi) is 3.51. The van der Waals surface area contributed by atoms with Crippen molar-refractivity contribution in [1.29, 1.82) is 0 Å². The van der Waals surface area contributed by atoms with Crippen LogP contribution in [0.4, 0.5) is 0 Å². The molecule has 3 fully saturated rings. The summed E-state index contributed by atoms with van der Waals surface area (Å²) in [6.07, 6.45) is 1.36. The molecule has 0 aromatic heterocycles. The van der Waals surface area contributed by atoms with Crippen LogP contribution in [0.1, 0.15) is 12.0 Å². The minimum Gasteiger partial charge on any atom is -0.316 e. The molecule has 4 rings (SSSR count). The Morgan fingerprint density at radius 3 is 2.50 bits per heavy atom. The Labute approximate surface area is 121 Å². The van der Waals surface area contributed by atoms with Gasteiger partial charge in [-0.3, -0.25) is 9.80 Å². The van der Waals surface area contributed by atoms with Gasteiger partial charge >= 0.3 is 0 Å². The first-order valence-corrected chi connectivity index (χ1v) is 8.09. The Morgan fingerprint density at radius 1 is 1.00 bits per heavy atom. The molecule has 0 radical (unpaired) electrons. The van der Waals surface area contributed by atoms with Crippen molar-refractivity contribution >= 4 is 0 Å². The number of likely N-dealkylation sites (tertiary alicyclic amines) is 2. The number of hydrogen-bond donors (Lipinski definition) is 1. The van der Waals surface area contributed by atoms with Gasteiger partial charge in [-0.05, 0) is 36.9 Å². The highest BCUT2D eigenvalue weighted by atomic mass is 15.3. The molecule has 3 aliphatic rings. The van der Waals surface area contributed by atoms with E-state index in [1.165, 1.54) is 51.3 Å². The van der Waals surface area contributed by atoms with Crippen LogP contribution in [-0.4, -0.2) is 55.1 Å². The monoisotopic (exact) mass is 271 g/mol. The fraction of sp³-hybridized carbons (Fsp3) is 0.647. The maximum atomic E-state index is 3.54. The van der Waals surface area contributed by atoms with Crippen molar-refractivity contribution in [3.63, 3.8) is 0 Å². The predicted molar refractivity (Wildman–Crippen MR) is 81.5 cm³/mol. The Balaban J connectivity index is 1.32. The third-order valence-electron chi connectivity index (χ3n) is 5.43. The van der Waals surface area contributed by atoms with Gasteiger partial charge in [0.1, 0.15) is 0 Å². The van der Waals surface area contributed by atoms with Gasteiger partial charge in [0, 0.05) is 38.8 Å². The summed E-state index contributed by atoms with van der Waals surface area (Å²) in [6.45, 7) is 8.83. The molecule has 3 nitrogen and oxygen atoms in total. The van der Waals surface area contributed by atoms with Gasteiger partial charge in [0.2, 0.25) is 0 Å². The molecule has 3 atom stereocenters. The molecule has 0 spiro atoms. The van der Waals surface area contributed by atoms with Crippen LogP contribution in [0.3, 0.4) is 0 Å². The first-order chi connectivity index (χ1) is 9.88. The number of hydrogen-bond acceptors (Lipinski definition) is 3. The summed E-state index contributed by atoms with van der Waals surface area (Å²) in [6, 6.07) is 11.7. The fourth-order valence-electron chi connectivity index (χ4n) is 4.29. The van der Waals surface area contributed by atoms with Crippen LogP contribution in [0.5, 0.6) is 0 Å². The van der Waals surface area contributed by atoms with Gasteiger partial charge in [-0.25, -0.2) is 0 Å². The lowest BCUT2D eigenvalue weighted by atomic mass is 10.0. The third kappa shape index (κ3) is 2.50. The van der Waals surface area contributed by atoms with E-state index >= 15 is 0 Å². The molecule has 0 bridgehead atoms. The molecule has 0 aliphatic carbocycles. The molecule has 3 saturated heterocycles. The van der Waals surface area contributed by atoms with E-state index in [1.54, 1.807) is 0 Å². The number of benzene rings is 1. The van der Waals surface area contributed by atoms with Gasteiger partial charge in [0.15, 0.2) is 0 Å². The van der Waals surface area contributed by atoms with Gasteiger partial charge in [-0.1, -0.05) is 30.3 Å². The maximum Gasteiger partial charge on any atom is 0.0235 e. The Hall–Kier alpha value is -0.900. The van der Waals surface area contributed by atoms with Gasteiger partial charge < -0.3 is 5.32 Å². The number of nitrogens with one attached hydrogen (secondary N) is 1. The second kappa shape index (κ2) is 5.47. The summed E-state index contributed by atoms with van der Waals surface area (Å²) in [7, 11) is 0. The van der Waals surface area contributed by atoms with Crippen molar-refractivity contribution in [3.05, 3.63) is 35.9 Å². The lowest BCUT2D eigenvalue weighted by Crippen LogP contribution is -2.37. The van der Waals surface area contributed by atoms with Gasteiger partial charge in [-0.2, -0.15) is 0 Å². The van der Waals surface area contributed by atoms with Crippen LogP contribution in [-0.2, 0) is 6.54 Å². The van der Waals surface area contributed by atoms with Gasteiger partial charge in [-0.15, -0.1) is 0 Å². The van der Waals surface area contributed by atoms with E-state index < -0.39 is 0 Å². The summed E-state index contributed by atoms with van der Waals surface area (Å²) >= 11 is 0. The van der Waals surface area contributed by atoms with E-state index in [0.717, 1.165) is 24.4 Å². The quantitative estimate of drug-likeness (QED) is 0.897. The first kappa shape index (κ1) is 12.8. The van der Waals surface area contributed by atoms with Crippen LogP contribution in [0.25, 0.3) is 0 Å². The third-order valence-corrected chi connectivity index (χ3v) is 5.43. The number of nitrogens with zero attached hydrogens (tertiary/aromatic N) is 2. The summed E-state index contributed by atoms with van der Waals surface area (Å²) in [4.78, 5) is 5.41. The molecule has 0 saturated carbocycles. The Bertz CT molecular complexity index is 435. The highest BCUT2D eigenvalue weighted by Crippen LogP contribution is 2.30. The SMILES string of the molecule is c1ccc(CN2CCC(N3C[C@H]4CNC[C@H]4C3)C2)cc1. The van der Waals surface area contributed by atoms with Crippen molar-refractivity contribution in [3.8, 4) is 0 Å². The summed E-state index contributed by atoms with van der Waals surface area (Å²) in [5.41, 5.74) is 1.45. The average Bonchev–Trinajstić information content (AvgIpc) is 3.13. The molecular formula is C17H25N3. The largest absolute Gasteiger partial charge is 0.316 e. The molecule has 3 heterocycles. The van der Waals surface area contributed by atoms with Crippen molar-refractivity contribution in [2.24, 2.45) is 11.8 Å². The maximum absolute atomic E-state index is 3.54. The summed E-state index contributed by atoms with van der Waals surface area (Å²) < 4.78 is 0. The van der Waals surface area contributed by atoms with E-state index in [2.05, 4.69) is 45.4 Å². The van der Waals surface area contributed by atoms with Crippen molar-refractivity contribution < 1.29 is 0 Å². The topological polar surface area (TPSA) is 18.5 Å². The van der Waals surface area contributed by atoms with Crippen molar-refractivity contribution in [1.82, 2.24) is 15.1 Å². The van der Waals surface area contributed by atoms with Crippen LogP contribution in [0, 0.1) is 11.8 Å². The first-order valence-electron chi connectivity index (χ1n) is 8.09. The highest BCUT2D eigenvalue weighted by molar-refractivity contribution is 5.14. The summed E-state index contributed by atoms with van der Waals surface area (Å²) in [5.74, 6) is 1.86. The molecule has 0 amide bonds. The molecule has 3 heteroatoms. The normalized spacial score (nSPS) is 34.7. The number of fused-ring (bicyclic) bond motifs is 1. The van der Waals surface area contributed by atoms with E-state index in [0.29, 0.717) is 0 Å². The van der Waals surface area contributed by atoms with Crippen LogP contribution in [0.2, 0.25) is 0 Å². The molecule has 1 aromatic rings. The lowest BCUT2D eigenvalue weighted by Gasteiger charge is -2.25. The molecular weight excluding hydrogens is 246 g/mol. The highest BCUT2D eigenvalue weighted by Gasteiger charge is 2.40. The summed E-state index contributed by atoms with van der Waals surface area (Å²) in [5, 5.41) is 3.54. The van der Waals surface area contributed by atoms with E-state index in [1.807, 2.05) is 0 Å². The molecule has 3 aliphatic heterocycles. The fourth-order valence-corrected chi connectivity index (χ4v) is 4.29. The lowest BCUT2D eigenvalue weighted by molar-refractivity contribution is 0.216. The van der Waals surface area contributed by atoms with E-state index in [-0.39, 0.29) is 0 Å². The zero-order chi connectivity index (χ0) is 13.4. The second-order valence-corrected chi connectivity index (χ2v) is 6.80. The van der Waals surface area contributed by atoms with Crippen LogP contribution in [0.15, 0.2) is 30.3 Å². The molecule has 20 heavy (non-hydrogen) atoms. The predicted octanol–water partition coefficient (Wildman–Crippen LogP) is 1.41. The van der Waals surface area contributed by atoms with Gasteiger partial charge in [0.25, 0.3) is 0 Å². The van der Waals surface area contributed by atoms with E-state index in [9.17, 15) is 0 Å². The van der Waals surface area contributed by atoms with Crippen LogP contribution >= 0.6 is 0 Å². The molecule has 1 unspecified atom stereocenters. The average molecular weight is 271 g/mol. The molecule has 108 valence electrons. The Morgan fingerprint density at radius 2 is 1.75 bits per heavy atom. The van der Waals surface area contributed by atoms with Crippen molar-refractivity contribution in [2.75, 3.05) is 39.3 Å². The smallest absolute Gasteiger partial charge is 0.0235 e. The molecule has 1 aromatic carbocycles. The standard InChI is InChI=1S/C17H25N3/c1-2-4-14(5-3-1)10-19-7-6-17(13-19)20-11-15-8-18-9-16(15)12-20/h1-5,15-18H,6-13H2/t15-,16+,17?. The second-order valence-electron chi connectivity index (χ2n) is 6.80. The minimum atomic E-state index is 0.810. The minimum absolute atomic E-state index is 0.810. The van der Waals surface area contributed by atoms with Gasteiger partial charge in [0.05, 0.1) is 0 Å². The zero-order valence-corrected chi connectivity index (χ0v) is 12.2. The molecule has 1 N–H and O–H groups in total. The number of rotatable bonds is 3. The zero-order valence-electron chi connectivity index (χ0n) is 12.2. The van der Waals surface area contributed by atoms with Crippen LogP contribution < -0.4 is 5.32 Å². The van der Waals surface area contributed by atoms with Crippen molar-refractivity contribution in [2.45, 2.75) is 19.0 Å². The van der Waals surface area contributed by atoms with E-state index in [4.69, 9.17) is 0 Å².